The van der Waals surface area contributed by atoms with Crippen molar-refractivity contribution in [2.45, 2.75) is 5.92 Å². The number of hydrogen-bond acceptors (Lipinski definition) is 6. The first kappa shape index (κ1) is 11.8. The smallest absolute Gasteiger partial charge is 0.322 e. The SMILES string of the molecule is COC(=O)C1C(=O)Nc2cc(N)c([N+](=O)[O-])cc21. The second-order valence-electron chi connectivity index (χ2n) is 3.70. The van der Waals surface area contributed by atoms with Gasteiger partial charge >= 0.3 is 5.97 Å². The molecule has 1 aromatic carbocycles. The Kier molecular flexibility index (Phi) is 2.62. The number of carbonyl (C=O) groups is 2. The van der Waals surface area contributed by atoms with Gasteiger partial charge in [-0.05, 0) is 6.07 Å². The van der Waals surface area contributed by atoms with Crippen molar-refractivity contribution in [2.24, 2.45) is 0 Å². The Balaban J connectivity index is 2.57. The van der Waals surface area contributed by atoms with E-state index in [-0.39, 0.29) is 16.9 Å². The molecule has 8 heteroatoms. The van der Waals surface area contributed by atoms with E-state index in [2.05, 4.69) is 10.1 Å². The number of nitrogen functional groups attached to an aromatic ring is 1. The summed E-state index contributed by atoms with van der Waals surface area (Å²) >= 11 is 0. The van der Waals surface area contributed by atoms with E-state index in [1.54, 1.807) is 0 Å². The number of amides is 1. The number of carbonyl (C=O) groups excluding carboxylic acids is 2. The molecule has 94 valence electrons. The number of rotatable bonds is 2. The summed E-state index contributed by atoms with van der Waals surface area (Å²) < 4.78 is 4.49. The molecule has 1 atom stereocenters. The zero-order valence-electron chi connectivity index (χ0n) is 9.30. The van der Waals surface area contributed by atoms with Gasteiger partial charge in [0.15, 0.2) is 5.92 Å². The monoisotopic (exact) mass is 251 g/mol. The maximum atomic E-state index is 11.6. The van der Waals surface area contributed by atoms with Gasteiger partial charge in [-0.15, -0.1) is 0 Å². The minimum absolute atomic E-state index is 0.0791. The number of nitrogens with zero attached hydrogens (tertiary/aromatic N) is 1. The van der Waals surface area contributed by atoms with Gasteiger partial charge in [-0.25, -0.2) is 0 Å². The summed E-state index contributed by atoms with van der Waals surface area (Å²) in [5, 5.41) is 13.2. The molecule has 0 saturated carbocycles. The van der Waals surface area contributed by atoms with Gasteiger partial charge in [-0.1, -0.05) is 0 Å². The maximum Gasteiger partial charge on any atom is 0.322 e. The molecule has 0 fully saturated rings. The van der Waals surface area contributed by atoms with Crippen molar-refractivity contribution in [3.63, 3.8) is 0 Å². The van der Waals surface area contributed by atoms with Gasteiger partial charge in [-0.2, -0.15) is 0 Å². The Bertz CT molecular complexity index is 569. The topological polar surface area (TPSA) is 125 Å². The highest BCUT2D eigenvalue weighted by Crippen LogP contribution is 2.38. The van der Waals surface area contributed by atoms with E-state index in [1.165, 1.54) is 6.07 Å². The van der Waals surface area contributed by atoms with Crippen molar-refractivity contribution in [3.05, 3.63) is 27.8 Å². The number of methoxy groups -OCH3 is 1. The van der Waals surface area contributed by atoms with Crippen molar-refractivity contribution in [1.29, 1.82) is 0 Å². The highest BCUT2D eigenvalue weighted by molar-refractivity contribution is 6.15. The molecule has 1 unspecified atom stereocenters. The minimum Gasteiger partial charge on any atom is -0.468 e. The minimum atomic E-state index is -1.19. The van der Waals surface area contributed by atoms with Gasteiger partial charge in [0.2, 0.25) is 5.91 Å². The Morgan fingerprint density at radius 3 is 2.78 bits per heavy atom. The van der Waals surface area contributed by atoms with E-state index >= 15 is 0 Å². The fraction of sp³-hybridized carbons (Fsp3) is 0.200. The third-order valence-electron chi connectivity index (χ3n) is 2.66. The number of esters is 1. The van der Waals surface area contributed by atoms with Gasteiger partial charge in [0.25, 0.3) is 5.69 Å². The summed E-state index contributed by atoms with van der Waals surface area (Å²) in [7, 11) is 1.14. The summed E-state index contributed by atoms with van der Waals surface area (Å²) in [6.07, 6.45) is 0. The molecule has 18 heavy (non-hydrogen) atoms. The summed E-state index contributed by atoms with van der Waals surface area (Å²) in [4.78, 5) is 33.1. The highest BCUT2D eigenvalue weighted by atomic mass is 16.6. The number of benzene rings is 1. The average molecular weight is 251 g/mol. The number of nitrogens with two attached hydrogens (primary N) is 1. The van der Waals surface area contributed by atoms with Crippen LogP contribution in [0.5, 0.6) is 0 Å². The van der Waals surface area contributed by atoms with E-state index < -0.39 is 22.7 Å². The van der Waals surface area contributed by atoms with Crippen LogP contribution in [0.15, 0.2) is 12.1 Å². The molecule has 0 aromatic heterocycles. The first-order valence-corrected chi connectivity index (χ1v) is 4.92. The van der Waals surface area contributed by atoms with Gasteiger partial charge in [0, 0.05) is 17.3 Å². The zero-order chi connectivity index (χ0) is 13.4. The van der Waals surface area contributed by atoms with Crippen molar-refractivity contribution >= 4 is 28.9 Å². The molecule has 0 aliphatic carbocycles. The van der Waals surface area contributed by atoms with Gasteiger partial charge in [-0.3, -0.25) is 19.7 Å². The summed E-state index contributed by atoms with van der Waals surface area (Å²) in [6, 6.07) is 2.37. The van der Waals surface area contributed by atoms with Crippen LogP contribution in [0.1, 0.15) is 11.5 Å². The van der Waals surface area contributed by atoms with Crippen molar-refractivity contribution in [1.82, 2.24) is 0 Å². The predicted octanol–water partition coefficient (Wildman–Crippen LogP) is 0.386. The lowest BCUT2D eigenvalue weighted by atomic mass is 10.00. The van der Waals surface area contributed by atoms with Crippen LogP contribution in [0.4, 0.5) is 17.1 Å². The Labute approximate surface area is 101 Å². The predicted molar refractivity (Wildman–Crippen MR) is 60.9 cm³/mol. The van der Waals surface area contributed by atoms with Crippen LogP contribution in [-0.2, 0) is 14.3 Å². The zero-order valence-corrected chi connectivity index (χ0v) is 9.30. The molecule has 0 saturated heterocycles. The molecule has 1 heterocycles. The van der Waals surface area contributed by atoms with E-state index in [0.29, 0.717) is 5.69 Å². The van der Waals surface area contributed by atoms with Gasteiger partial charge < -0.3 is 15.8 Å². The van der Waals surface area contributed by atoms with Crippen LogP contribution in [-0.4, -0.2) is 23.9 Å². The van der Waals surface area contributed by atoms with Crippen LogP contribution in [0.25, 0.3) is 0 Å². The van der Waals surface area contributed by atoms with Gasteiger partial charge in [0.1, 0.15) is 5.69 Å². The van der Waals surface area contributed by atoms with Crippen molar-refractivity contribution < 1.29 is 19.2 Å². The third kappa shape index (κ3) is 1.63. The van der Waals surface area contributed by atoms with Crippen LogP contribution in [0, 0.1) is 10.1 Å². The molecular weight excluding hydrogens is 242 g/mol. The normalized spacial score (nSPS) is 16.9. The molecule has 0 radical (unpaired) electrons. The summed E-state index contributed by atoms with van der Waals surface area (Å²) in [5.41, 5.74) is 5.55. The van der Waals surface area contributed by atoms with Crippen molar-refractivity contribution in [3.8, 4) is 0 Å². The summed E-state index contributed by atoms with van der Waals surface area (Å²) in [6.45, 7) is 0. The Hall–Kier alpha value is -2.64. The number of nitro groups is 1. The quantitative estimate of drug-likeness (QED) is 0.257. The fourth-order valence-electron chi connectivity index (χ4n) is 1.82. The van der Waals surface area contributed by atoms with Crippen LogP contribution >= 0.6 is 0 Å². The first-order valence-electron chi connectivity index (χ1n) is 4.92. The second-order valence-corrected chi connectivity index (χ2v) is 3.70. The maximum absolute atomic E-state index is 11.6. The molecular formula is C10H9N3O5. The lowest BCUT2D eigenvalue weighted by molar-refractivity contribution is -0.383. The lowest BCUT2D eigenvalue weighted by Gasteiger charge is -2.06. The van der Waals surface area contributed by atoms with Crippen LogP contribution in [0.2, 0.25) is 0 Å². The number of nitro benzene ring substituents is 1. The molecule has 1 aliphatic heterocycles. The van der Waals surface area contributed by atoms with Gasteiger partial charge in [0.05, 0.1) is 12.0 Å². The molecule has 2 rings (SSSR count). The fourth-order valence-corrected chi connectivity index (χ4v) is 1.82. The summed E-state index contributed by atoms with van der Waals surface area (Å²) in [5.74, 6) is -2.55. The number of anilines is 2. The van der Waals surface area contributed by atoms with E-state index in [9.17, 15) is 19.7 Å². The van der Waals surface area contributed by atoms with E-state index in [4.69, 9.17) is 5.73 Å². The lowest BCUT2D eigenvalue weighted by Crippen LogP contribution is -2.21. The molecule has 8 nitrogen and oxygen atoms in total. The number of fused-ring (bicyclic) bond motifs is 1. The van der Waals surface area contributed by atoms with Crippen molar-refractivity contribution in [2.75, 3.05) is 18.2 Å². The van der Waals surface area contributed by atoms with Crippen LogP contribution in [0.3, 0.4) is 0 Å². The Morgan fingerprint density at radius 1 is 1.56 bits per heavy atom. The number of nitrogens with one attached hydrogen (secondary N) is 1. The van der Waals surface area contributed by atoms with E-state index in [0.717, 1.165) is 13.2 Å². The molecule has 3 N–H and O–H groups in total. The van der Waals surface area contributed by atoms with E-state index in [1.807, 2.05) is 0 Å². The largest absolute Gasteiger partial charge is 0.468 e. The number of ether oxygens (including phenoxy) is 1. The molecule has 0 spiro atoms. The molecule has 1 aromatic rings. The third-order valence-corrected chi connectivity index (χ3v) is 2.66. The molecule has 0 bridgehead atoms. The molecule has 1 amide bonds. The Morgan fingerprint density at radius 2 is 2.22 bits per heavy atom. The average Bonchev–Trinajstić information content (AvgIpc) is 2.61. The highest BCUT2D eigenvalue weighted by Gasteiger charge is 2.39. The second kappa shape index (κ2) is 3.99. The first-order chi connectivity index (χ1) is 8.45. The molecule has 1 aliphatic rings. The standard InChI is InChI=1S/C10H9N3O5/c1-18-10(15)8-4-2-7(13(16)17)5(11)3-6(4)12-9(8)14/h2-3,8H,11H2,1H3,(H,12,14). The van der Waals surface area contributed by atoms with Crippen LogP contribution < -0.4 is 11.1 Å². The number of hydrogen-bond donors (Lipinski definition) is 2.